The number of rotatable bonds is 4. The molecule has 2 rings (SSSR count). The first-order valence-corrected chi connectivity index (χ1v) is 9.06. The van der Waals surface area contributed by atoms with Crippen molar-refractivity contribution < 1.29 is 8.42 Å². The van der Waals surface area contributed by atoms with Crippen molar-refractivity contribution in [2.45, 2.75) is 25.3 Å². The number of fused-ring (bicyclic) bond motifs is 1. The summed E-state index contributed by atoms with van der Waals surface area (Å²) in [6.07, 6.45) is 1.22. The third-order valence-electron chi connectivity index (χ3n) is 3.03. The van der Waals surface area contributed by atoms with E-state index >= 15 is 0 Å². The zero-order valence-corrected chi connectivity index (χ0v) is 13.8. The highest BCUT2D eigenvalue weighted by atomic mass is 35.5. The van der Waals surface area contributed by atoms with Crippen LogP contribution in [0.3, 0.4) is 0 Å². The van der Waals surface area contributed by atoms with Crippen molar-refractivity contribution >= 4 is 44.1 Å². The van der Waals surface area contributed by atoms with E-state index in [9.17, 15) is 8.42 Å². The molecule has 2 aromatic rings. The largest absolute Gasteiger partial charge is 0.322 e. The van der Waals surface area contributed by atoms with Crippen molar-refractivity contribution in [3.63, 3.8) is 0 Å². The first kappa shape index (κ1) is 15.6. The van der Waals surface area contributed by atoms with Crippen LogP contribution in [0.1, 0.15) is 31.1 Å². The fourth-order valence-electron chi connectivity index (χ4n) is 2.36. The molecule has 0 saturated carbocycles. The normalized spacial score (nSPS) is 15.4. The molecule has 0 aliphatic rings. The van der Waals surface area contributed by atoms with Crippen LogP contribution < -0.4 is 0 Å². The van der Waals surface area contributed by atoms with Crippen molar-refractivity contribution in [1.29, 1.82) is 0 Å². The highest BCUT2D eigenvalue weighted by Gasteiger charge is 2.22. The van der Waals surface area contributed by atoms with Crippen LogP contribution in [0, 0.1) is 0 Å². The number of hydrogen-bond donors (Lipinski definition) is 0. The summed E-state index contributed by atoms with van der Waals surface area (Å²) in [5.74, 6) is 0.645. The third kappa shape index (κ3) is 3.10. The molecule has 0 aliphatic carbocycles. The van der Waals surface area contributed by atoms with Gasteiger partial charge in [0.1, 0.15) is 15.7 Å². The first-order valence-electron chi connectivity index (χ1n) is 6.19. The quantitative estimate of drug-likeness (QED) is 0.802. The molecule has 0 N–H and O–H groups in total. The molecule has 0 radical (unpaired) electrons. The summed E-state index contributed by atoms with van der Waals surface area (Å²) in [6, 6.07) is 5.13. The molecule has 4 nitrogen and oxygen atoms in total. The minimum Gasteiger partial charge on any atom is -0.322 e. The second kappa shape index (κ2) is 5.54. The van der Waals surface area contributed by atoms with Gasteiger partial charge < -0.3 is 4.57 Å². The van der Waals surface area contributed by atoms with Crippen molar-refractivity contribution in [1.82, 2.24) is 9.55 Å². The van der Waals surface area contributed by atoms with Gasteiger partial charge in [-0.25, -0.2) is 13.4 Å². The van der Waals surface area contributed by atoms with Crippen LogP contribution in [0.15, 0.2) is 18.2 Å². The summed E-state index contributed by atoms with van der Waals surface area (Å²) in [7, 11) is -3.11. The molecule has 0 aliphatic heterocycles. The fraction of sp³-hybridized carbons (Fsp3) is 0.462. The average molecular weight is 335 g/mol. The Balaban J connectivity index is 2.68. The molecule has 2 unspecified atom stereocenters. The molecule has 0 amide bonds. The molecule has 1 aromatic heterocycles. The first-order chi connectivity index (χ1) is 9.20. The second-order valence-electron chi connectivity index (χ2n) is 5.01. The van der Waals surface area contributed by atoms with Crippen LogP contribution in [-0.2, 0) is 9.84 Å². The Morgan fingerprint density at radius 3 is 2.55 bits per heavy atom. The second-order valence-corrected chi connectivity index (χ2v) is 8.25. The van der Waals surface area contributed by atoms with Crippen LogP contribution in [0.25, 0.3) is 11.0 Å². The minimum atomic E-state index is -3.11. The lowest BCUT2D eigenvalue weighted by molar-refractivity contribution is 0.555. The number of benzene rings is 1. The van der Waals surface area contributed by atoms with E-state index in [1.54, 1.807) is 13.0 Å². The number of para-hydroxylation sites is 1. The maximum Gasteiger partial charge on any atom is 0.149 e. The molecule has 20 heavy (non-hydrogen) atoms. The molecule has 0 saturated heterocycles. The SMILES string of the molecule is CC(Cl)c1nc2cccc(Cl)c2n1C(C)CS(C)(=O)=O. The Hall–Kier alpha value is -0.780. The van der Waals surface area contributed by atoms with Gasteiger partial charge in [-0.1, -0.05) is 17.7 Å². The van der Waals surface area contributed by atoms with Gasteiger partial charge in [0.25, 0.3) is 0 Å². The molecule has 1 aromatic carbocycles. The molecule has 0 fully saturated rings. The van der Waals surface area contributed by atoms with E-state index in [1.165, 1.54) is 6.26 Å². The van der Waals surface area contributed by atoms with Crippen LogP contribution >= 0.6 is 23.2 Å². The number of alkyl halides is 1. The number of aromatic nitrogens is 2. The standard InChI is InChI=1S/C13H16Cl2N2O2S/c1-8(7-20(3,18)19)17-12-10(15)5-4-6-11(12)16-13(17)9(2)14/h4-6,8-9H,7H2,1-3H3. The Morgan fingerprint density at radius 1 is 1.35 bits per heavy atom. The van der Waals surface area contributed by atoms with E-state index in [2.05, 4.69) is 4.98 Å². The lowest BCUT2D eigenvalue weighted by Crippen LogP contribution is -2.18. The average Bonchev–Trinajstić information content (AvgIpc) is 2.67. The molecule has 110 valence electrons. The van der Waals surface area contributed by atoms with E-state index in [0.717, 1.165) is 11.0 Å². The lowest BCUT2D eigenvalue weighted by atomic mass is 10.3. The van der Waals surface area contributed by atoms with Gasteiger partial charge in [0.2, 0.25) is 0 Å². The van der Waals surface area contributed by atoms with Crippen LogP contribution in [0.4, 0.5) is 0 Å². The maximum atomic E-state index is 11.5. The predicted octanol–water partition coefficient (Wildman–Crippen LogP) is 3.60. The van der Waals surface area contributed by atoms with E-state index in [-0.39, 0.29) is 17.2 Å². The summed E-state index contributed by atoms with van der Waals surface area (Å²) < 4.78 is 24.9. The Morgan fingerprint density at radius 2 is 2.00 bits per heavy atom. The number of hydrogen-bond acceptors (Lipinski definition) is 3. The predicted molar refractivity (Wildman–Crippen MR) is 83.4 cm³/mol. The van der Waals surface area contributed by atoms with E-state index in [1.807, 2.05) is 23.6 Å². The van der Waals surface area contributed by atoms with Crippen molar-refractivity contribution in [2.24, 2.45) is 0 Å². The van der Waals surface area contributed by atoms with Crippen LogP contribution in [-0.4, -0.2) is 30.0 Å². The molecule has 1 heterocycles. The summed E-state index contributed by atoms with van der Waals surface area (Å²) in [5, 5.41) is 0.208. The fourth-order valence-corrected chi connectivity index (χ4v) is 3.80. The maximum absolute atomic E-state index is 11.5. The minimum absolute atomic E-state index is 0.0142. The van der Waals surface area contributed by atoms with E-state index in [4.69, 9.17) is 23.2 Å². The van der Waals surface area contributed by atoms with Gasteiger partial charge in [-0.05, 0) is 26.0 Å². The van der Waals surface area contributed by atoms with Crippen molar-refractivity contribution in [2.75, 3.05) is 12.0 Å². The summed E-state index contributed by atoms with van der Waals surface area (Å²) in [4.78, 5) is 4.48. The number of sulfone groups is 1. The lowest BCUT2D eigenvalue weighted by Gasteiger charge is -2.18. The molecular formula is C13H16Cl2N2O2S. The molecule has 2 atom stereocenters. The molecule has 0 spiro atoms. The zero-order chi connectivity index (χ0) is 15.1. The van der Waals surface area contributed by atoms with Gasteiger partial charge in [0.15, 0.2) is 0 Å². The van der Waals surface area contributed by atoms with Gasteiger partial charge >= 0.3 is 0 Å². The highest BCUT2D eigenvalue weighted by molar-refractivity contribution is 7.90. The topological polar surface area (TPSA) is 52.0 Å². The highest BCUT2D eigenvalue weighted by Crippen LogP contribution is 2.32. The molecule has 7 heteroatoms. The molecular weight excluding hydrogens is 319 g/mol. The van der Waals surface area contributed by atoms with Crippen molar-refractivity contribution in [3.8, 4) is 0 Å². The van der Waals surface area contributed by atoms with Crippen LogP contribution in [0.2, 0.25) is 5.02 Å². The smallest absolute Gasteiger partial charge is 0.149 e. The number of halogens is 2. The Kier molecular flexibility index (Phi) is 4.33. The Bertz CT molecular complexity index is 738. The van der Waals surface area contributed by atoms with Gasteiger partial charge in [-0.15, -0.1) is 11.6 Å². The summed E-state index contributed by atoms with van der Waals surface area (Å²) >= 11 is 12.4. The van der Waals surface area contributed by atoms with Gasteiger partial charge in [0, 0.05) is 12.3 Å². The molecule has 0 bridgehead atoms. The van der Waals surface area contributed by atoms with E-state index in [0.29, 0.717) is 10.8 Å². The summed E-state index contributed by atoms with van der Waals surface area (Å²) in [6.45, 7) is 3.63. The van der Waals surface area contributed by atoms with Gasteiger partial charge in [0.05, 0.1) is 27.2 Å². The summed E-state index contributed by atoms with van der Waals surface area (Å²) in [5.41, 5.74) is 1.45. The third-order valence-corrected chi connectivity index (χ3v) is 4.62. The van der Waals surface area contributed by atoms with Crippen molar-refractivity contribution in [3.05, 3.63) is 29.0 Å². The monoisotopic (exact) mass is 334 g/mol. The van der Waals surface area contributed by atoms with E-state index < -0.39 is 9.84 Å². The zero-order valence-electron chi connectivity index (χ0n) is 11.5. The van der Waals surface area contributed by atoms with Crippen LogP contribution in [0.5, 0.6) is 0 Å². The van der Waals surface area contributed by atoms with Gasteiger partial charge in [-0.3, -0.25) is 0 Å². The number of nitrogens with zero attached hydrogens (tertiary/aromatic N) is 2. The Labute approximate surface area is 128 Å². The number of imidazole rings is 1. The van der Waals surface area contributed by atoms with Gasteiger partial charge in [-0.2, -0.15) is 0 Å².